The van der Waals surface area contributed by atoms with Crippen LogP contribution in [-0.2, 0) is 0 Å². The highest BCUT2D eigenvalue weighted by Gasteiger charge is 2.16. The van der Waals surface area contributed by atoms with Gasteiger partial charge in [0.25, 0.3) is 0 Å². The predicted molar refractivity (Wildman–Crippen MR) is 80.1 cm³/mol. The summed E-state index contributed by atoms with van der Waals surface area (Å²) in [5.74, 6) is 0. The molecule has 0 radical (unpaired) electrons. The minimum atomic E-state index is -0.305. The fourth-order valence-corrected chi connectivity index (χ4v) is 2.55. The van der Waals surface area contributed by atoms with Gasteiger partial charge in [0, 0.05) is 31.7 Å². The van der Waals surface area contributed by atoms with Gasteiger partial charge in [0.15, 0.2) is 0 Å². The molecule has 1 saturated heterocycles. The van der Waals surface area contributed by atoms with Gasteiger partial charge in [-0.25, -0.2) is 4.79 Å². The van der Waals surface area contributed by atoms with E-state index in [4.69, 9.17) is 0 Å². The number of benzene rings is 1. The van der Waals surface area contributed by atoms with Gasteiger partial charge in [-0.1, -0.05) is 23.8 Å². The first-order valence-electron chi connectivity index (χ1n) is 6.86. The largest absolute Gasteiger partial charge is 0.366 e. The van der Waals surface area contributed by atoms with Gasteiger partial charge in [-0.05, 0) is 13.0 Å². The van der Waals surface area contributed by atoms with E-state index in [1.54, 1.807) is 6.20 Å². The van der Waals surface area contributed by atoms with Crippen LogP contribution in [0.15, 0.2) is 35.3 Å². The van der Waals surface area contributed by atoms with Crippen LogP contribution in [0.4, 0.5) is 5.69 Å². The number of piperazine rings is 1. The van der Waals surface area contributed by atoms with E-state index in [0.29, 0.717) is 0 Å². The Morgan fingerprint density at radius 2 is 2.05 bits per heavy atom. The monoisotopic (exact) mass is 270 g/mol. The zero-order chi connectivity index (χ0) is 13.9. The average molecular weight is 270 g/mol. The lowest BCUT2D eigenvalue weighted by molar-refractivity contribution is 0.588. The molecule has 2 heterocycles. The molecule has 0 amide bonds. The van der Waals surface area contributed by atoms with Gasteiger partial charge in [0.2, 0.25) is 0 Å². The molecule has 1 aliphatic heterocycles. The maximum Gasteiger partial charge on any atom is 0.345 e. The van der Waals surface area contributed by atoms with E-state index in [9.17, 15) is 4.79 Å². The SMILES string of the molecule is Cc1cccc(-c2[nH]c(=O)ncc2N2CCNCC2)c1. The highest BCUT2D eigenvalue weighted by Crippen LogP contribution is 2.27. The van der Waals surface area contributed by atoms with Crippen LogP contribution in [0.25, 0.3) is 11.3 Å². The Labute approximate surface area is 117 Å². The number of nitrogens with one attached hydrogen (secondary N) is 2. The molecule has 3 rings (SSSR count). The Kier molecular flexibility index (Phi) is 3.52. The van der Waals surface area contributed by atoms with Crippen molar-refractivity contribution in [2.45, 2.75) is 6.92 Å². The second-order valence-electron chi connectivity index (χ2n) is 5.06. The summed E-state index contributed by atoms with van der Waals surface area (Å²) >= 11 is 0. The van der Waals surface area contributed by atoms with Gasteiger partial charge in [-0.3, -0.25) is 0 Å². The molecule has 0 atom stereocenters. The van der Waals surface area contributed by atoms with E-state index >= 15 is 0 Å². The smallest absolute Gasteiger partial charge is 0.345 e. The van der Waals surface area contributed by atoms with Gasteiger partial charge in [0.1, 0.15) is 0 Å². The number of rotatable bonds is 2. The van der Waals surface area contributed by atoms with Crippen molar-refractivity contribution < 1.29 is 0 Å². The van der Waals surface area contributed by atoms with Crippen molar-refractivity contribution in [2.24, 2.45) is 0 Å². The Bertz CT molecular complexity index is 659. The second kappa shape index (κ2) is 5.46. The van der Waals surface area contributed by atoms with Crippen molar-refractivity contribution >= 4 is 5.69 Å². The summed E-state index contributed by atoms with van der Waals surface area (Å²) in [6.45, 7) is 5.80. The molecule has 104 valence electrons. The lowest BCUT2D eigenvalue weighted by atomic mass is 10.1. The summed E-state index contributed by atoms with van der Waals surface area (Å²) < 4.78 is 0. The minimum Gasteiger partial charge on any atom is -0.366 e. The van der Waals surface area contributed by atoms with Crippen LogP contribution in [0.3, 0.4) is 0 Å². The van der Waals surface area contributed by atoms with Crippen LogP contribution in [0.5, 0.6) is 0 Å². The maximum absolute atomic E-state index is 11.6. The lowest BCUT2D eigenvalue weighted by Crippen LogP contribution is -2.44. The number of anilines is 1. The predicted octanol–water partition coefficient (Wildman–Crippen LogP) is 1.15. The first kappa shape index (κ1) is 12.9. The van der Waals surface area contributed by atoms with E-state index in [0.717, 1.165) is 43.1 Å². The molecule has 2 N–H and O–H groups in total. The third-order valence-electron chi connectivity index (χ3n) is 3.56. The topological polar surface area (TPSA) is 61.0 Å². The molecule has 0 unspecified atom stereocenters. The molecule has 20 heavy (non-hydrogen) atoms. The van der Waals surface area contributed by atoms with Crippen LogP contribution in [0.1, 0.15) is 5.56 Å². The number of aryl methyl sites for hydroxylation is 1. The summed E-state index contributed by atoms with van der Waals surface area (Å²) in [4.78, 5) is 20.6. The van der Waals surface area contributed by atoms with E-state index in [-0.39, 0.29) is 5.69 Å². The molecule has 1 aromatic heterocycles. The molecule has 5 heteroatoms. The zero-order valence-electron chi connectivity index (χ0n) is 11.5. The van der Waals surface area contributed by atoms with E-state index in [2.05, 4.69) is 26.3 Å². The van der Waals surface area contributed by atoms with Crippen LogP contribution in [0, 0.1) is 6.92 Å². The van der Waals surface area contributed by atoms with Crippen molar-refractivity contribution in [3.8, 4) is 11.3 Å². The Morgan fingerprint density at radius 3 is 2.80 bits per heavy atom. The van der Waals surface area contributed by atoms with E-state index in [1.807, 2.05) is 25.1 Å². The molecule has 1 fully saturated rings. The second-order valence-corrected chi connectivity index (χ2v) is 5.06. The quantitative estimate of drug-likeness (QED) is 0.859. The first-order valence-corrected chi connectivity index (χ1v) is 6.86. The highest BCUT2D eigenvalue weighted by atomic mass is 16.1. The average Bonchev–Trinajstić information content (AvgIpc) is 2.48. The standard InChI is InChI=1S/C15H18N4O/c1-11-3-2-4-12(9-11)14-13(10-17-15(20)18-14)19-7-5-16-6-8-19/h2-4,9-10,16H,5-8H2,1H3,(H,17,18,20). The summed E-state index contributed by atoms with van der Waals surface area (Å²) in [7, 11) is 0. The normalized spacial score (nSPS) is 15.3. The van der Waals surface area contributed by atoms with Crippen molar-refractivity contribution in [3.63, 3.8) is 0 Å². The van der Waals surface area contributed by atoms with E-state index < -0.39 is 0 Å². The maximum atomic E-state index is 11.6. The lowest BCUT2D eigenvalue weighted by Gasteiger charge is -2.30. The Hall–Kier alpha value is -2.14. The highest BCUT2D eigenvalue weighted by molar-refractivity contribution is 5.74. The van der Waals surface area contributed by atoms with Crippen molar-refractivity contribution in [2.75, 3.05) is 31.1 Å². The molecule has 0 spiro atoms. The summed E-state index contributed by atoms with van der Waals surface area (Å²) in [5, 5.41) is 3.33. The van der Waals surface area contributed by atoms with Gasteiger partial charge in [-0.2, -0.15) is 4.98 Å². The number of hydrogen-bond acceptors (Lipinski definition) is 4. The molecule has 0 aliphatic carbocycles. The zero-order valence-corrected chi connectivity index (χ0v) is 11.5. The van der Waals surface area contributed by atoms with Gasteiger partial charge < -0.3 is 15.2 Å². The molecule has 0 bridgehead atoms. The van der Waals surface area contributed by atoms with Crippen LogP contribution < -0.4 is 15.9 Å². The molecular formula is C15H18N4O. The molecule has 0 saturated carbocycles. The van der Waals surface area contributed by atoms with Crippen molar-refractivity contribution in [1.29, 1.82) is 0 Å². The molecular weight excluding hydrogens is 252 g/mol. The van der Waals surface area contributed by atoms with Crippen molar-refractivity contribution in [3.05, 3.63) is 46.5 Å². The number of hydrogen-bond donors (Lipinski definition) is 2. The summed E-state index contributed by atoms with van der Waals surface area (Å²) in [6.07, 6.45) is 1.68. The molecule has 1 aromatic carbocycles. The molecule has 1 aliphatic rings. The fraction of sp³-hybridized carbons (Fsp3) is 0.333. The fourth-order valence-electron chi connectivity index (χ4n) is 2.55. The molecule has 2 aromatic rings. The first-order chi connectivity index (χ1) is 9.74. The Morgan fingerprint density at radius 1 is 1.25 bits per heavy atom. The van der Waals surface area contributed by atoms with Crippen LogP contribution >= 0.6 is 0 Å². The van der Waals surface area contributed by atoms with Crippen molar-refractivity contribution in [1.82, 2.24) is 15.3 Å². The number of nitrogens with zero attached hydrogens (tertiary/aromatic N) is 2. The van der Waals surface area contributed by atoms with Gasteiger partial charge in [-0.15, -0.1) is 0 Å². The van der Waals surface area contributed by atoms with E-state index in [1.165, 1.54) is 5.56 Å². The number of aromatic nitrogens is 2. The van der Waals surface area contributed by atoms with Gasteiger partial charge in [0.05, 0.1) is 17.6 Å². The third kappa shape index (κ3) is 2.58. The number of aromatic amines is 1. The summed E-state index contributed by atoms with van der Waals surface area (Å²) in [5.41, 5.74) is 3.75. The van der Waals surface area contributed by atoms with Crippen LogP contribution in [0.2, 0.25) is 0 Å². The summed E-state index contributed by atoms with van der Waals surface area (Å²) in [6, 6.07) is 8.15. The Balaban J connectivity index is 2.08. The third-order valence-corrected chi connectivity index (χ3v) is 3.56. The minimum absolute atomic E-state index is 0.305. The van der Waals surface area contributed by atoms with Crippen LogP contribution in [-0.4, -0.2) is 36.1 Å². The van der Waals surface area contributed by atoms with Gasteiger partial charge >= 0.3 is 5.69 Å². The number of H-pyrrole nitrogens is 1. The molecule has 5 nitrogen and oxygen atoms in total.